The summed E-state index contributed by atoms with van der Waals surface area (Å²) in [5, 5.41) is 69.6. The molecular weight excluding hydrogens is 1360 g/mol. The van der Waals surface area contributed by atoms with Gasteiger partial charge in [-0.1, -0.05) is 12.1 Å². The van der Waals surface area contributed by atoms with Gasteiger partial charge in [-0.25, -0.2) is 0 Å². The molecule has 4 aliphatic heterocycles. The number of amides is 13. The van der Waals surface area contributed by atoms with Crippen LogP contribution in [0.2, 0.25) is 0 Å². The van der Waals surface area contributed by atoms with Gasteiger partial charge in [-0.05, 0) is 122 Å². The van der Waals surface area contributed by atoms with E-state index in [1.807, 2.05) is 5.32 Å². The van der Waals surface area contributed by atoms with E-state index in [0.717, 1.165) is 18.7 Å². The molecule has 4 heterocycles. The van der Waals surface area contributed by atoms with Crippen molar-refractivity contribution in [2.75, 3.05) is 52.5 Å². The lowest BCUT2D eigenvalue weighted by Gasteiger charge is -2.34. The van der Waals surface area contributed by atoms with E-state index in [4.69, 9.17) is 21.3 Å². The van der Waals surface area contributed by atoms with Crippen LogP contribution in [0.4, 0.5) is 0 Å². The van der Waals surface area contributed by atoms with E-state index in [-0.39, 0.29) is 89.8 Å². The zero-order chi connectivity index (χ0) is 75.2. The number of phenols is 1. The number of hydrogen-bond acceptors (Lipinski definition) is 22. The lowest BCUT2D eigenvalue weighted by Crippen LogP contribution is -2.60. The Morgan fingerprint density at radius 1 is 0.515 bits per heavy atom. The predicted octanol–water partition coefficient (Wildman–Crippen LogP) is -7.56. The Bertz CT molecular complexity index is 3280. The van der Waals surface area contributed by atoms with E-state index in [1.165, 1.54) is 33.8 Å². The van der Waals surface area contributed by atoms with Crippen LogP contribution in [-0.4, -0.2) is 280 Å². The molecule has 20 N–H and O–H groups in total. The van der Waals surface area contributed by atoms with Crippen LogP contribution < -0.4 is 59.3 Å². The molecule has 0 unspecified atom stereocenters. The van der Waals surface area contributed by atoms with Crippen molar-refractivity contribution >= 4 is 102 Å². The predicted molar refractivity (Wildman–Crippen MR) is 347 cm³/mol. The van der Waals surface area contributed by atoms with E-state index >= 15 is 0 Å². The molecule has 1 aromatic carbocycles. The molecule has 5 rings (SSSR count). The van der Waals surface area contributed by atoms with Crippen LogP contribution >= 0.6 is 7.60 Å². The van der Waals surface area contributed by atoms with Crippen molar-refractivity contribution in [2.24, 2.45) is 11.5 Å². The molecule has 0 aromatic heterocycles. The number of benzene rings is 1. The molecule has 0 bridgehead atoms. The summed E-state index contributed by atoms with van der Waals surface area (Å²) in [5.41, 5.74) is 10.4. The molecule has 4 aliphatic rings. The first-order valence-electron chi connectivity index (χ1n) is 33.0. The number of carboxylic acid groups (broad SMARTS) is 2. The van der Waals surface area contributed by atoms with Gasteiger partial charge in [0.1, 0.15) is 78.3 Å². The fraction of sp³-hybridized carbons (Fsp3) is 0.639. The van der Waals surface area contributed by atoms with Crippen LogP contribution in [0, 0.1) is 0 Å². The molecule has 0 saturated carbocycles. The molecule has 39 nitrogen and oxygen atoms in total. The number of carboxylic acids is 2. The first kappa shape index (κ1) is 82.4. The monoisotopic (exact) mass is 1450 g/mol. The Morgan fingerprint density at radius 3 is 1.50 bits per heavy atom. The maximum absolute atomic E-state index is 14.7. The number of rotatable bonds is 37. The normalized spacial score (nSPS) is 20.0. The molecule has 101 heavy (non-hydrogen) atoms. The molecule has 0 aliphatic carbocycles. The first-order valence-corrected chi connectivity index (χ1v) is 34.6. The number of aliphatic carboxylic acids is 2. The number of phenolic OH excluding ortho intramolecular Hbond substituents is 1. The molecule has 13 amide bonds. The number of nitrogens with two attached hydrogens (primary N) is 2. The summed E-state index contributed by atoms with van der Waals surface area (Å²) in [4.78, 5) is 237. The van der Waals surface area contributed by atoms with E-state index in [1.54, 1.807) is 12.1 Å². The van der Waals surface area contributed by atoms with Crippen molar-refractivity contribution in [1.82, 2.24) is 67.5 Å². The minimum atomic E-state index is -5.40. The fourth-order valence-corrected chi connectivity index (χ4v) is 12.6. The van der Waals surface area contributed by atoms with E-state index in [2.05, 4.69) is 42.5 Å². The molecule has 4 fully saturated rings. The summed E-state index contributed by atoms with van der Waals surface area (Å²) in [5.74, 6) is -14.9. The molecule has 40 heteroatoms. The second-order valence-electron chi connectivity index (χ2n) is 25.1. The van der Waals surface area contributed by atoms with Gasteiger partial charge in [0.2, 0.25) is 76.8 Å². The number of likely N-dealkylation sites (tertiary alicyclic amines) is 4. The zero-order valence-electron chi connectivity index (χ0n) is 56.0. The smallest absolute Gasteiger partial charge is 0.393 e. The van der Waals surface area contributed by atoms with Crippen LogP contribution in [0.15, 0.2) is 24.3 Å². The molecule has 4 saturated heterocycles. The molecule has 0 radical (unpaired) electrons. The third kappa shape index (κ3) is 23.7. The first-order chi connectivity index (χ1) is 47.6. The Kier molecular flexibility index (Phi) is 31.4. The maximum Gasteiger partial charge on any atom is 0.393 e. The van der Waals surface area contributed by atoms with Crippen molar-refractivity contribution in [3.05, 3.63) is 29.8 Å². The Morgan fingerprint density at radius 2 is 0.970 bits per heavy atom. The van der Waals surface area contributed by atoms with Gasteiger partial charge >= 0.3 is 19.5 Å². The summed E-state index contributed by atoms with van der Waals surface area (Å²) >= 11 is 0. The number of carbonyl (C=O) groups excluding carboxylic acids is 14. The quantitative estimate of drug-likeness (QED) is 0.0217. The lowest BCUT2D eigenvalue weighted by molar-refractivity contribution is -0.148. The van der Waals surface area contributed by atoms with Crippen molar-refractivity contribution in [3.8, 4) is 5.75 Å². The number of carbonyl (C=O) groups is 16. The van der Waals surface area contributed by atoms with E-state index in [0.29, 0.717) is 31.2 Å². The van der Waals surface area contributed by atoms with Gasteiger partial charge in [0.15, 0.2) is 0 Å². The van der Waals surface area contributed by atoms with Crippen molar-refractivity contribution in [2.45, 2.75) is 196 Å². The number of aromatic hydroxyl groups is 1. The Labute approximate surface area is 579 Å². The van der Waals surface area contributed by atoms with Gasteiger partial charge in [0.25, 0.3) is 5.52 Å². The number of aliphatic hydroxyl groups excluding tert-OH is 2. The van der Waals surface area contributed by atoms with Gasteiger partial charge in [-0.2, -0.15) is 0 Å². The van der Waals surface area contributed by atoms with Crippen molar-refractivity contribution in [3.63, 3.8) is 0 Å². The average Bonchev–Trinajstić information content (AvgIpc) is 1.69. The highest BCUT2D eigenvalue weighted by Gasteiger charge is 2.47. The summed E-state index contributed by atoms with van der Waals surface area (Å²) in [6, 6.07) is -12.7. The van der Waals surface area contributed by atoms with Gasteiger partial charge in [-0.15, -0.1) is 0 Å². The average molecular weight is 1450 g/mol. The molecule has 13 atom stereocenters. The van der Waals surface area contributed by atoms with Crippen molar-refractivity contribution < 1.29 is 117 Å². The zero-order valence-corrected chi connectivity index (χ0v) is 56.9. The van der Waals surface area contributed by atoms with Crippen LogP contribution in [0.3, 0.4) is 0 Å². The minimum Gasteiger partial charge on any atom is -0.508 e. The summed E-state index contributed by atoms with van der Waals surface area (Å²) in [6.45, 7) is 0.731. The molecule has 560 valence electrons. The molecule has 1 aromatic rings. The number of nitrogens with one attached hydrogen (secondary N) is 9. The van der Waals surface area contributed by atoms with Crippen LogP contribution in [-0.2, 0) is 87.7 Å². The second-order valence-corrected chi connectivity index (χ2v) is 26.6. The number of unbranched alkanes of at least 4 members (excludes halogenated alkanes) is 1. The highest BCUT2D eigenvalue weighted by atomic mass is 31.2. The standard InChI is InChI=1S/C61H92N15O24P/c1-31(63)49(85)70-39(26-34-15-17-35(79)18-16-34)58(94)76-25-9-14-45(76)60(96)75-24-8-13-44(75)56(92)69-37(10-4-5-21-62)57(93)74-23-7-12-43(74)55(91)68-36(19-20-47(81)82)52(88)71-40(29-77)59(95)73-22-6-11-42(73)54(90)64-28-46(80)67-38(27-48(83)84)53(89)66-32(2)50(86)65-33(3)51(87)72-41(30-78)61(97)101(98,99)100/h15-18,31-33,36-45,77-79H,4-14,19-30,62-63H2,1-3H3,(H,64,90)(H,65,86)(H,66,89)(H,67,80)(H,68,91)(H,69,92)(H,70,85)(H,71,88)(H,72,87)(H,81,82)(H,83,84)(H2,98,99,100)/t31-,32-,33-,36-,37-,38-,39-,40-,41-,42-,43-,44-,45-/m0/s1. The number of hydrogen-bond donors (Lipinski definition) is 18. The second kappa shape index (κ2) is 38.5. The van der Waals surface area contributed by atoms with Crippen LogP contribution in [0.25, 0.3) is 0 Å². The van der Waals surface area contributed by atoms with Gasteiger partial charge in [0.05, 0.1) is 32.2 Å². The fourth-order valence-electron chi connectivity index (χ4n) is 12.0. The SMILES string of the molecule is C[C@H](N)C(=O)N[C@@H](Cc1ccc(O)cc1)C(=O)N1CCC[C@H]1C(=O)N1CCC[C@H]1C(=O)N[C@@H](CCCCN)C(=O)N1CCC[C@H]1C(=O)N[C@@H](CCC(=O)O)C(=O)N[C@@H](CO)C(=O)N1CCC[C@H]1C(=O)NCC(=O)N[C@@H](CC(=O)O)C(=O)N[C@@H](C)C(=O)N[C@@H](C)C(=O)N[C@@H](CO)C(=O)P(=O)(O)O. The Balaban J connectivity index is 1.20. The highest BCUT2D eigenvalue weighted by Crippen LogP contribution is 2.37. The minimum absolute atomic E-state index is 0.00391. The molecular formula is C61H92N15O24P. The summed E-state index contributed by atoms with van der Waals surface area (Å²) < 4.78 is 11.3. The van der Waals surface area contributed by atoms with Gasteiger partial charge in [0, 0.05) is 39.0 Å². The largest absolute Gasteiger partial charge is 0.508 e. The lowest BCUT2D eigenvalue weighted by atomic mass is 10.0. The third-order valence-electron chi connectivity index (χ3n) is 17.4. The van der Waals surface area contributed by atoms with E-state index < -0.39 is 219 Å². The summed E-state index contributed by atoms with van der Waals surface area (Å²) in [7, 11) is -5.40. The van der Waals surface area contributed by atoms with Crippen LogP contribution in [0.5, 0.6) is 5.75 Å². The Hall–Kier alpha value is -9.27. The van der Waals surface area contributed by atoms with Crippen LogP contribution in [0.1, 0.15) is 116 Å². The highest BCUT2D eigenvalue weighted by molar-refractivity contribution is 7.70. The van der Waals surface area contributed by atoms with Crippen molar-refractivity contribution in [1.29, 1.82) is 0 Å². The van der Waals surface area contributed by atoms with Gasteiger partial charge in [-0.3, -0.25) is 81.3 Å². The van der Waals surface area contributed by atoms with E-state index in [9.17, 15) is 107 Å². The third-order valence-corrected chi connectivity index (χ3v) is 18.3. The topological polar surface area (TPSA) is 605 Å². The summed E-state index contributed by atoms with van der Waals surface area (Å²) in [6.07, 6.45) is 0.134. The molecule has 0 spiro atoms. The number of aliphatic hydroxyl groups is 2. The number of nitrogens with zero attached hydrogens (tertiary/aromatic N) is 4. The maximum atomic E-state index is 14.7. The van der Waals surface area contributed by atoms with Gasteiger partial charge < -0.3 is 114 Å².